The molecular weight excluding hydrogens is 202 g/mol. The van der Waals surface area contributed by atoms with Crippen LogP contribution in [0.25, 0.3) is 11.1 Å². The van der Waals surface area contributed by atoms with E-state index in [-0.39, 0.29) is 5.75 Å². The zero-order valence-corrected chi connectivity index (χ0v) is 8.64. The molecule has 0 atom stereocenters. The Morgan fingerprint density at radius 3 is 2.19 bits per heavy atom. The zero-order chi connectivity index (χ0) is 11.7. The maximum atomic E-state index is 9.52. The van der Waals surface area contributed by atoms with Crippen molar-refractivity contribution in [3.63, 3.8) is 0 Å². The number of hydrogen-bond donors (Lipinski definition) is 4. The predicted molar refractivity (Wildman–Crippen MR) is 66.8 cm³/mol. The fraction of sp³-hybridized carbons (Fsp3) is 0. The SMILES string of the molecule is Nc1ccc(-c2ccc(N)c(O)c2)c(N)c1. The normalized spacial score (nSPS) is 10.2. The van der Waals surface area contributed by atoms with Crippen LogP contribution in [-0.4, -0.2) is 5.11 Å². The highest BCUT2D eigenvalue weighted by molar-refractivity contribution is 5.80. The van der Waals surface area contributed by atoms with Crippen molar-refractivity contribution in [1.29, 1.82) is 0 Å². The fourth-order valence-corrected chi connectivity index (χ4v) is 1.56. The molecule has 0 amide bonds. The third-order valence-electron chi connectivity index (χ3n) is 2.42. The molecule has 4 heteroatoms. The van der Waals surface area contributed by atoms with Crippen LogP contribution in [0.15, 0.2) is 36.4 Å². The minimum atomic E-state index is 0.0497. The quantitative estimate of drug-likeness (QED) is 0.430. The standard InChI is InChI=1S/C12H13N3O/c13-8-2-3-9(11(15)6-8)7-1-4-10(14)12(16)5-7/h1-6,16H,13-15H2. The van der Waals surface area contributed by atoms with Gasteiger partial charge >= 0.3 is 0 Å². The van der Waals surface area contributed by atoms with E-state index in [0.717, 1.165) is 11.1 Å². The number of aromatic hydroxyl groups is 1. The van der Waals surface area contributed by atoms with Gasteiger partial charge in [-0.3, -0.25) is 0 Å². The molecule has 0 aliphatic rings. The van der Waals surface area contributed by atoms with Gasteiger partial charge < -0.3 is 22.3 Å². The molecule has 0 unspecified atom stereocenters. The minimum absolute atomic E-state index is 0.0497. The highest BCUT2D eigenvalue weighted by Crippen LogP contribution is 2.32. The number of hydrogen-bond acceptors (Lipinski definition) is 4. The van der Waals surface area contributed by atoms with Crippen LogP contribution in [-0.2, 0) is 0 Å². The second kappa shape index (κ2) is 3.66. The Bertz CT molecular complexity index is 538. The Hall–Kier alpha value is -2.36. The topological polar surface area (TPSA) is 98.3 Å². The second-order valence-corrected chi connectivity index (χ2v) is 3.62. The highest BCUT2D eigenvalue weighted by atomic mass is 16.3. The van der Waals surface area contributed by atoms with Gasteiger partial charge in [-0.1, -0.05) is 12.1 Å². The molecule has 7 N–H and O–H groups in total. The molecule has 16 heavy (non-hydrogen) atoms. The zero-order valence-electron chi connectivity index (χ0n) is 8.64. The summed E-state index contributed by atoms with van der Waals surface area (Å²) >= 11 is 0. The molecule has 0 saturated heterocycles. The minimum Gasteiger partial charge on any atom is -0.506 e. The van der Waals surface area contributed by atoms with E-state index >= 15 is 0 Å². The van der Waals surface area contributed by atoms with E-state index in [2.05, 4.69) is 0 Å². The molecule has 0 spiro atoms. The fourth-order valence-electron chi connectivity index (χ4n) is 1.56. The average Bonchev–Trinajstić information content (AvgIpc) is 2.22. The maximum Gasteiger partial charge on any atom is 0.139 e. The molecule has 0 aliphatic carbocycles. The third-order valence-corrected chi connectivity index (χ3v) is 2.42. The van der Waals surface area contributed by atoms with Gasteiger partial charge in [0.2, 0.25) is 0 Å². The number of nitrogen functional groups attached to an aromatic ring is 3. The molecule has 2 aromatic rings. The highest BCUT2D eigenvalue weighted by Gasteiger charge is 2.05. The van der Waals surface area contributed by atoms with Crippen molar-refractivity contribution >= 4 is 17.1 Å². The van der Waals surface area contributed by atoms with Crippen molar-refractivity contribution in [1.82, 2.24) is 0 Å². The van der Waals surface area contributed by atoms with E-state index in [9.17, 15) is 5.11 Å². The molecule has 0 saturated carbocycles. The van der Waals surface area contributed by atoms with Gasteiger partial charge in [-0.15, -0.1) is 0 Å². The molecule has 4 nitrogen and oxygen atoms in total. The van der Waals surface area contributed by atoms with E-state index in [1.165, 1.54) is 0 Å². The van der Waals surface area contributed by atoms with Gasteiger partial charge in [-0.25, -0.2) is 0 Å². The molecule has 0 bridgehead atoms. The summed E-state index contributed by atoms with van der Waals surface area (Å²) in [7, 11) is 0. The van der Waals surface area contributed by atoms with Gasteiger partial charge in [-0.2, -0.15) is 0 Å². The van der Waals surface area contributed by atoms with E-state index in [0.29, 0.717) is 17.1 Å². The lowest BCUT2D eigenvalue weighted by molar-refractivity contribution is 0.478. The van der Waals surface area contributed by atoms with Crippen LogP contribution in [0.3, 0.4) is 0 Å². The van der Waals surface area contributed by atoms with Gasteiger partial charge in [0.15, 0.2) is 0 Å². The van der Waals surface area contributed by atoms with Crippen molar-refractivity contribution in [3.05, 3.63) is 36.4 Å². The first-order valence-electron chi connectivity index (χ1n) is 4.82. The molecule has 0 aliphatic heterocycles. The summed E-state index contributed by atoms with van der Waals surface area (Å²) in [5.74, 6) is 0.0497. The van der Waals surface area contributed by atoms with E-state index in [1.807, 2.05) is 6.07 Å². The lowest BCUT2D eigenvalue weighted by Crippen LogP contribution is -1.93. The Morgan fingerprint density at radius 2 is 1.56 bits per heavy atom. The molecule has 0 fully saturated rings. The Labute approximate surface area is 93.3 Å². The monoisotopic (exact) mass is 215 g/mol. The van der Waals surface area contributed by atoms with Gasteiger partial charge in [0.1, 0.15) is 5.75 Å². The van der Waals surface area contributed by atoms with Crippen LogP contribution < -0.4 is 17.2 Å². The summed E-state index contributed by atoms with van der Waals surface area (Å²) in [5, 5.41) is 9.52. The first-order valence-corrected chi connectivity index (χ1v) is 4.82. The van der Waals surface area contributed by atoms with Crippen LogP contribution in [0.5, 0.6) is 5.75 Å². The Morgan fingerprint density at radius 1 is 0.812 bits per heavy atom. The number of benzene rings is 2. The van der Waals surface area contributed by atoms with Crippen LogP contribution in [0.2, 0.25) is 0 Å². The van der Waals surface area contributed by atoms with Crippen LogP contribution >= 0.6 is 0 Å². The predicted octanol–water partition coefficient (Wildman–Crippen LogP) is 1.81. The van der Waals surface area contributed by atoms with E-state index in [4.69, 9.17) is 17.2 Å². The largest absolute Gasteiger partial charge is 0.506 e. The summed E-state index contributed by atoms with van der Waals surface area (Å²) < 4.78 is 0. The van der Waals surface area contributed by atoms with Gasteiger partial charge in [0.05, 0.1) is 5.69 Å². The molecule has 2 aromatic carbocycles. The van der Waals surface area contributed by atoms with Crippen LogP contribution in [0.4, 0.5) is 17.1 Å². The Kier molecular flexibility index (Phi) is 2.32. The van der Waals surface area contributed by atoms with Crippen LogP contribution in [0.1, 0.15) is 0 Å². The second-order valence-electron chi connectivity index (χ2n) is 3.62. The van der Waals surface area contributed by atoms with Gasteiger partial charge in [0, 0.05) is 16.9 Å². The van der Waals surface area contributed by atoms with Crippen molar-refractivity contribution in [2.24, 2.45) is 0 Å². The van der Waals surface area contributed by atoms with Gasteiger partial charge in [0.25, 0.3) is 0 Å². The first-order chi connectivity index (χ1) is 7.58. The molecule has 0 heterocycles. The first kappa shape index (κ1) is 10.2. The summed E-state index contributed by atoms with van der Waals surface area (Å²) in [6.45, 7) is 0. The smallest absolute Gasteiger partial charge is 0.139 e. The van der Waals surface area contributed by atoms with Crippen molar-refractivity contribution < 1.29 is 5.11 Å². The lowest BCUT2D eigenvalue weighted by atomic mass is 10.0. The van der Waals surface area contributed by atoms with Crippen LogP contribution in [0, 0.1) is 0 Å². The summed E-state index contributed by atoms with van der Waals surface area (Å²) in [4.78, 5) is 0. The summed E-state index contributed by atoms with van der Waals surface area (Å²) in [6.07, 6.45) is 0. The summed E-state index contributed by atoms with van der Waals surface area (Å²) in [6, 6.07) is 10.3. The number of nitrogens with two attached hydrogens (primary N) is 3. The third kappa shape index (κ3) is 1.72. The molecular formula is C12H13N3O. The number of rotatable bonds is 1. The molecule has 0 radical (unpaired) electrons. The van der Waals surface area contributed by atoms with Crippen molar-refractivity contribution in [2.75, 3.05) is 17.2 Å². The Balaban J connectivity index is 2.54. The molecule has 0 aromatic heterocycles. The molecule has 82 valence electrons. The van der Waals surface area contributed by atoms with Gasteiger partial charge in [-0.05, 0) is 29.8 Å². The maximum absolute atomic E-state index is 9.52. The number of phenolic OH excluding ortho intramolecular Hbond substituents is 1. The summed E-state index contributed by atoms with van der Waals surface area (Å²) in [5.41, 5.74) is 20.2. The molecule has 2 rings (SSSR count). The lowest BCUT2D eigenvalue weighted by Gasteiger charge is -2.08. The average molecular weight is 215 g/mol. The van der Waals surface area contributed by atoms with E-state index < -0.39 is 0 Å². The number of anilines is 3. The van der Waals surface area contributed by atoms with Crippen molar-refractivity contribution in [3.8, 4) is 16.9 Å². The van der Waals surface area contributed by atoms with E-state index in [1.54, 1.807) is 30.3 Å². The number of phenols is 1. The van der Waals surface area contributed by atoms with Crippen molar-refractivity contribution in [2.45, 2.75) is 0 Å².